The Morgan fingerprint density at radius 1 is 1.50 bits per heavy atom. The van der Waals surface area contributed by atoms with Crippen LogP contribution in [0.25, 0.3) is 0 Å². The van der Waals surface area contributed by atoms with Crippen LogP contribution in [0.2, 0.25) is 5.15 Å². The second-order valence-electron chi connectivity index (χ2n) is 3.71. The number of aromatic nitrogens is 4. The summed E-state index contributed by atoms with van der Waals surface area (Å²) in [6, 6.07) is 4.92. The van der Waals surface area contributed by atoms with Crippen LogP contribution in [0.15, 0.2) is 24.5 Å². The van der Waals surface area contributed by atoms with E-state index < -0.39 is 0 Å². The zero-order valence-electron chi connectivity index (χ0n) is 9.80. The van der Waals surface area contributed by atoms with Crippen LogP contribution in [0, 0.1) is 0 Å². The molecule has 1 amide bonds. The fourth-order valence-electron chi connectivity index (χ4n) is 1.45. The quantitative estimate of drug-likeness (QED) is 0.832. The fraction of sp³-hybridized carbons (Fsp3) is 0.273. The Morgan fingerprint density at radius 3 is 3.00 bits per heavy atom. The van der Waals surface area contributed by atoms with E-state index in [0.717, 1.165) is 5.82 Å². The lowest BCUT2D eigenvalue weighted by molar-refractivity contribution is 0.0949. The topological polar surface area (TPSA) is 72.7 Å². The maximum atomic E-state index is 11.7. The highest BCUT2D eigenvalue weighted by Crippen LogP contribution is 2.04. The number of hydrogen-bond acceptors (Lipinski definition) is 4. The van der Waals surface area contributed by atoms with Gasteiger partial charge in [-0.25, -0.2) is 4.98 Å². The second-order valence-corrected chi connectivity index (χ2v) is 4.10. The standard InChI is InChI=1S/C11H12ClN5O/c1-17-7-14-16-10(17)5-6-13-11(18)8-3-2-4-9(12)15-8/h2-4,7H,5-6H2,1H3,(H,13,18). The summed E-state index contributed by atoms with van der Waals surface area (Å²) in [4.78, 5) is 15.7. The highest BCUT2D eigenvalue weighted by molar-refractivity contribution is 6.29. The molecule has 94 valence electrons. The van der Waals surface area contributed by atoms with Crippen LogP contribution < -0.4 is 5.32 Å². The van der Waals surface area contributed by atoms with Gasteiger partial charge >= 0.3 is 0 Å². The van der Waals surface area contributed by atoms with Gasteiger partial charge in [0.25, 0.3) is 5.91 Å². The molecular weight excluding hydrogens is 254 g/mol. The smallest absolute Gasteiger partial charge is 0.269 e. The number of halogens is 1. The van der Waals surface area contributed by atoms with Crippen molar-refractivity contribution in [3.05, 3.63) is 41.2 Å². The van der Waals surface area contributed by atoms with Crippen molar-refractivity contribution in [1.29, 1.82) is 0 Å². The summed E-state index contributed by atoms with van der Waals surface area (Å²) in [7, 11) is 1.86. The molecule has 2 aromatic heterocycles. The monoisotopic (exact) mass is 265 g/mol. The Balaban J connectivity index is 1.87. The van der Waals surface area contributed by atoms with Gasteiger partial charge in [-0.15, -0.1) is 10.2 Å². The first-order valence-electron chi connectivity index (χ1n) is 5.40. The van der Waals surface area contributed by atoms with E-state index in [1.807, 2.05) is 11.6 Å². The molecule has 0 aliphatic heterocycles. The molecule has 0 radical (unpaired) electrons. The third-order valence-corrected chi connectivity index (χ3v) is 2.60. The molecule has 0 saturated heterocycles. The van der Waals surface area contributed by atoms with Crippen molar-refractivity contribution >= 4 is 17.5 Å². The molecule has 0 saturated carbocycles. The number of rotatable bonds is 4. The predicted octanol–water partition coefficient (Wildman–Crippen LogP) is 0.836. The first-order chi connectivity index (χ1) is 8.66. The van der Waals surface area contributed by atoms with Crippen LogP contribution in [0.5, 0.6) is 0 Å². The summed E-state index contributed by atoms with van der Waals surface area (Å²) in [5, 5.41) is 10.7. The summed E-state index contributed by atoms with van der Waals surface area (Å²) in [5.74, 6) is 0.564. The first-order valence-corrected chi connectivity index (χ1v) is 5.78. The van der Waals surface area contributed by atoms with Gasteiger partial charge in [0.15, 0.2) is 0 Å². The third-order valence-electron chi connectivity index (χ3n) is 2.39. The molecule has 0 aromatic carbocycles. The molecule has 2 heterocycles. The van der Waals surface area contributed by atoms with Gasteiger partial charge in [-0.1, -0.05) is 17.7 Å². The highest BCUT2D eigenvalue weighted by Gasteiger charge is 2.07. The molecule has 0 aliphatic rings. The molecule has 0 bridgehead atoms. The SMILES string of the molecule is Cn1cnnc1CCNC(=O)c1cccc(Cl)n1. The van der Waals surface area contributed by atoms with Gasteiger partial charge in [0.05, 0.1) is 0 Å². The van der Waals surface area contributed by atoms with Gasteiger partial charge in [-0.3, -0.25) is 4.79 Å². The number of carbonyl (C=O) groups is 1. The lowest BCUT2D eigenvalue weighted by Crippen LogP contribution is -2.27. The van der Waals surface area contributed by atoms with E-state index in [1.165, 1.54) is 0 Å². The van der Waals surface area contributed by atoms with Gasteiger partial charge in [0, 0.05) is 20.0 Å². The highest BCUT2D eigenvalue weighted by atomic mass is 35.5. The maximum Gasteiger partial charge on any atom is 0.269 e. The molecule has 0 fully saturated rings. The number of pyridine rings is 1. The minimum atomic E-state index is -0.250. The number of amides is 1. The molecule has 0 spiro atoms. The van der Waals surface area contributed by atoms with Crippen molar-refractivity contribution in [2.24, 2.45) is 7.05 Å². The van der Waals surface area contributed by atoms with Gasteiger partial charge < -0.3 is 9.88 Å². The molecular formula is C11H12ClN5O. The molecule has 0 unspecified atom stereocenters. The van der Waals surface area contributed by atoms with Crippen LogP contribution in [-0.4, -0.2) is 32.2 Å². The summed E-state index contributed by atoms with van der Waals surface area (Å²) in [6.45, 7) is 0.472. The Kier molecular flexibility index (Phi) is 3.88. The Morgan fingerprint density at radius 2 is 2.33 bits per heavy atom. The van der Waals surface area contributed by atoms with Crippen LogP contribution in [-0.2, 0) is 13.5 Å². The van der Waals surface area contributed by atoms with Crippen molar-refractivity contribution in [2.75, 3.05) is 6.54 Å². The normalized spacial score (nSPS) is 10.3. The van der Waals surface area contributed by atoms with Crippen molar-refractivity contribution in [2.45, 2.75) is 6.42 Å². The Bertz CT molecular complexity index is 554. The number of carbonyl (C=O) groups excluding carboxylic acids is 1. The molecule has 1 N–H and O–H groups in total. The lowest BCUT2D eigenvalue weighted by Gasteiger charge is -2.04. The molecule has 7 heteroatoms. The van der Waals surface area contributed by atoms with Crippen molar-refractivity contribution in [3.63, 3.8) is 0 Å². The largest absolute Gasteiger partial charge is 0.350 e. The average molecular weight is 266 g/mol. The van der Waals surface area contributed by atoms with E-state index in [9.17, 15) is 4.79 Å². The zero-order valence-corrected chi connectivity index (χ0v) is 10.6. The molecule has 6 nitrogen and oxygen atoms in total. The van der Waals surface area contributed by atoms with E-state index in [4.69, 9.17) is 11.6 Å². The average Bonchev–Trinajstić information content (AvgIpc) is 2.75. The maximum absolute atomic E-state index is 11.7. The summed E-state index contributed by atoms with van der Waals surface area (Å²) in [6.07, 6.45) is 2.23. The van der Waals surface area contributed by atoms with Gasteiger partial charge in [0.2, 0.25) is 0 Å². The van der Waals surface area contributed by atoms with Gasteiger partial charge in [-0.05, 0) is 12.1 Å². The lowest BCUT2D eigenvalue weighted by atomic mass is 10.3. The number of hydrogen-bond donors (Lipinski definition) is 1. The van der Waals surface area contributed by atoms with Crippen LogP contribution >= 0.6 is 11.6 Å². The van der Waals surface area contributed by atoms with Crippen LogP contribution in [0.3, 0.4) is 0 Å². The van der Waals surface area contributed by atoms with Crippen molar-refractivity contribution < 1.29 is 4.79 Å². The van der Waals surface area contributed by atoms with Crippen LogP contribution in [0.1, 0.15) is 16.3 Å². The van der Waals surface area contributed by atoms with Gasteiger partial charge in [0.1, 0.15) is 23.0 Å². The predicted molar refractivity (Wildman–Crippen MR) is 66.3 cm³/mol. The second kappa shape index (κ2) is 5.59. The Hall–Kier alpha value is -1.95. The zero-order chi connectivity index (χ0) is 13.0. The van der Waals surface area contributed by atoms with Crippen molar-refractivity contribution in [1.82, 2.24) is 25.1 Å². The molecule has 2 rings (SSSR count). The molecule has 2 aromatic rings. The fourth-order valence-corrected chi connectivity index (χ4v) is 1.61. The van der Waals surface area contributed by atoms with Crippen LogP contribution in [0.4, 0.5) is 0 Å². The third kappa shape index (κ3) is 3.04. The summed E-state index contributed by atoms with van der Waals surface area (Å²) >= 11 is 5.71. The van der Waals surface area contributed by atoms with E-state index in [1.54, 1.807) is 24.5 Å². The molecule has 0 aliphatic carbocycles. The molecule has 18 heavy (non-hydrogen) atoms. The Labute approximate surface area is 109 Å². The van der Waals surface area contributed by atoms with Gasteiger partial charge in [-0.2, -0.15) is 0 Å². The summed E-state index contributed by atoms with van der Waals surface area (Å²) in [5.41, 5.74) is 0.306. The first kappa shape index (κ1) is 12.5. The number of nitrogens with one attached hydrogen (secondary N) is 1. The van der Waals surface area contributed by atoms with E-state index in [0.29, 0.717) is 23.8 Å². The minimum absolute atomic E-state index is 0.250. The van der Waals surface area contributed by atoms with E-state index >= 15 is 0 Å². The number of nitrogens with zero attached hydrogens (tertiary/aromatic N) is 4. The number of aryl methyl sites for hydroxylation is 1. The van der Waals surface area contributed by atoms with E-state index in [-0.39, 0.29) is 5.91 Å². The van der Waals surface area contributed by atoms with Crippen molar-refractivity contribution in [3.8, 4) is 0 Å². The minimum Gasteiger partial charge on any atom is -0.350 e. The molecule has 0 atom stereocenters. The summed E-state index contributed by atoms with van der Waals surface area (Å²) < 4.78 is 1.81. The van der Waals surface area contributed by atoms with E-state index in [2.05, 4.69) is 20.5 Å².